The van der Waals surface area contributed by atoms with Crippen LogP contribution < -0.4 is 9.47 Å². The maximum Gasteiger partial charge on any atom is 0.303 e. The third kappa shape index (κ3) is 3.39. The zero-order valence-corrected chi connectivity index (χ0v) is 11.3. The van der Waals surface area contributed by atoms with Gasteiger partial charge in [0, 0.05) is 12.0 Å². The average Bonchev–Trinajstić information content (AvgIpc) is 2.28. The molecule has 0 amide bonds. The number of carboxylic acids is 1. The maximum absolute atomic E-state index is 10.7. The number of rotatable bonds is 6. The van der Waals surface area contributed by atoms with Crippen molar-refractivity contribution >= 4 is 5.97 Å². The zero-order valence-electron chi connectivity index (χ0n) is 11.3. The van der Waals surface area contributed by atoms with E-state index in [1.165, 1.54) is 0 Å². The molecule has 4 nitrogen and oxygen atoms in total. The SMILES string of the molecule is COc1ccc(CC(C)CC(=O)O)c(OC)c1C. The molecule has 4 heteroatoms. The third-order valence-corrected chi connectivity index (χ3v) is 2.95. The molecule has 0 heterocycles. The molecule has 0 aliphatic rings. The van der Waals surface area contributed by atoms with E-state index in [4.69, 9.17) is 14.6 Å². The fourth-order valence-corrected chi connectivity index (χ4v) is 2.14. The summed E-state index contributed by atoms with van der Waals surface area (Å²) in [6, 6.07) is 3.82. The highest BCUT2D eigenvalue weighted by Crippen LogP contribution is 2.32. The summed E-state index contributed by atoms with van der Waals surface area (Å²) in [6.45, 7) is 3.86. The van der Waals surface area contributed by atoms with E-state index in [0.29, 0.717) is 6.42 Å². The predicted octanol–water partition coefficient (Wildman–Crippen LogP) is 2.67. The van der Waals surface area contributed by atoms with Crippen LogP contribution in [-0.2, 0) is 11.2 Å². The van der Waals surface area contributed by atoms with Gasteiger partial charge in [0.1, 0.15) is 11.5 Å². The van der Waals surface area contributed by atoms with Crippen LogP contribution in [0.1, 0.15) is 24.5 Å². The van der Waals surface area contributed by atoms with Crippen LogP contribution in [0.4, 0.5) is 0 Å². The summed E-state index contributed by atoms with van der Waals surface area (Å²) in [7, 11) is 3.24. The highest BCUT2D eigenvalue weighted by atomic mass is 16.5. The van der Waals surface area contributed by atoms with E-state index in [0.717, 1.165) is 22.6 Å². The van der Waals surface area contributed by atoms with Gasteiger partial charge in [-0.05, 0) is 30.9 Å². The van der Waals surface area contributed by atoms with E-state index in [2.05, 4.69) is 0 Å². The van der Waals surface area contributed by atoms with Crippen LogP contribution in [0.3, 0.4) is 0 Å². The van der Waals surface area contributed by atoms with Crippen LogP contribution in [0.2, 0.25) is 0 Å². The van der Waals surface area contributed by atoms with Gasteiger partial charge in [0.05, 0.1) is 14.2 Å². The summed E-state index contributed by atoms with van der Waals surface area (Å²) in [4.78, 5) is 10.7. The highest BCUT2D eigenvalue weighted by molar-refractivity contribution is 5.67. The minimum atomic E-state index is -0.772. The first-order chi connectivity index (χ1) is 8.49. The Kier molecular flexibility index (Phi) is 5.01. The molecule has 0 radical (unpaired) electrons. The van der Waals surface area contributed by atoms with Crippen molar-refractivity contribution in [2.75, 3.05) is 14.2 Å². The van der Waals surface area contributed by atoms with Crippen molar-refractivity contribution in [2.45, 2.75) is 26.7 Å². The van der Waals surface area contributed by atoms with Crippen molar-refractivity contribution < 1.29 is 19.4 Å². The highest BCUT2D eigenvalue weighted by Gasteiger charge is 2.15. The Morgan fingerprint density at radius 2 is 2.00 bits per heavy atom. The van der Waals surface area contributed by atoms with Gasteiger partial charge in [-0.15, -0.1) is 0 Å². The molecule has 0 saturated heterocycles. The van der Waals surface area contributed by atoms with E-state index in [9.17, 15) is 4.79 Å². The molecule has 1 N–H and O–H groups in total. The number of hydrogen-bond acceptors (Lipinski definition) is 3. The molecular formula is C14H20O4. The van der Waals surface area contributed by atoms with Crippen molar-refractivity contribution in [1.82, 2.24) is 0 Å². The molecule has 0 aliphatic heterocycles. The number of hydrogen-bond donors (Lipinski definition) is 1. The first kappa shape index (κ1) is 14.4. The Labute approximate surface area is 108 Å². The number of methoxy groups -OCH3 is 2. The van der Waals surface area contributed by atoms with Crippen LogP contribution in [0.15, 0.2) is 12.1 Å². The van der Waals surface area contributed by atoms with E-state index in [-0.39, 0.29) is 12.3 Å². The molecule has 100 valence electrons. The molecule has 0 saturated carbocycles. The van der Waals surface area contributed by atoms with Gasteiger partial charge >= 0.3 is 5.97 Å². The fourth-order valence-electron chi connectivity index (χ4n) is 2.14. The smallest absolute Gasteiger partial charge is 0.303 e. The quantitative estimate of drug-likeness (QED) is 0.845. The molecule has 0 spiro atoms. The minimum Gasteiger partial charge on any atom is -0.496 e. The van der Waals surface area contributed by atoms with Crippen LogP contribution >= 0.6 is 0 Å². The molecule has 1 rings (SSSR count). The topological polar surface area (TPSA) is 55.8 Å². The molecule has 1 unspecified atom stereocenters. The van der Waals surface area contributed by atoms with Gasteiger partial charge in [-0.3, -0.25) is 4.79 Å². The lowest BCUT2D eigenvalue weighted by Crippen LogP contribution is -2.08. The van der Waals surface area contributed by atoms with Gasteiger partial charge in [-0.2, -0.15) is 0 Å². The summed E-state index contributed by atoms with van der Waals surface area (Å²) in [5.41, 5.74) is 1.96. The summed E-state index contributed by atoms with van der Waals surface area (Å²) < 4.78 is 10.6. The Morgan fingerprint density at radius 3 is 2.50 bits per heavy atom. The normalized spacial score (nSPS) is 12.0. The Balaban J connectivity index is 2.95. The monoisotopic (exact) mass is 252 g/mol. The van der Waals surface area contributed by atoms with Crippen LogP contribution in [0, 0.1) is 12.8 Å². The predicted molar refractivity (Wildman–Crippen MR) is 69.4 cm³/mol. The van der Waals surface area contributed by atoms with Crippen molar-refractivity contribution in [3.05, 3.63) is 23.3 Å². The minimum absolute atomic E-state index is 0.0733. The van der Waals surface area contributed by atoms with Crippen LogP contribution in [-0.4, -0.2) is 25.3 Å². The fraction of sp³-hybridized carbons (Fsp3) is 0.500. The van der Waals surface area contributed by atoms with Crippen molar-refractivity contribution in [3.8, 4) is 11.5 Å². The molecule has 1 aromatic carbocycles. The Bertz CT molecular complexity index is 426. The van der Waals surface area contributed by atoms with Crippen LogP contribution in [0.5, 0.6) is 11.5 Å². The third-order valence-electron chi connectivity index (χ3n) is 2.95. The molecule has 0 aliphatic carbocycles. The van der Waals surface area contributed by atoms with E-state index in [1.54, 1.807) is 14.2 Å². The summed E-state index contributed by atoms with van der Waals surface area (Å²) in [5, 5.41) is 8.77. The Hall–Kier alpha value is -1.71. The number of aliphatic carboxylic acids is 1. The zero-order chi connectivity index (χ0) is 13.7. The molecule has 0 aromatic heterocycles. The van der Waals surface area contributed by atoms with Gasteiger partial charge in [0.15, 0.2) is 0 Å². The lowest BCUT2D eigenvalue weighted by atomic mass is 9.96. The van der Waals surface area contributed by atoms with E-state index >= 15 is 0 Å². The van der Waals surface area contributed by atoms with Gasteiger partial charge < -0.3 is 14.6 Å². The lowest BCUT2D eigenvalue weighted by molar-refractivity contribution is -0.137. The van der Waals surface area contributed by atoms with Gasteiger partial charge in [0.2, 0.25) is 0 Å². The molecular weight excluding hydrogens is 232 g/mol. The van der Waals surface area contributed by atoms with E-state index in [1.807, 2.05) is 26.0 Å². The first-order valence-corrected chi connectivity index (χ1v) is 5.91. The molecule has 1 aromatic rings. The molecule has 18 heavy (non-hydrogen) atoms. The standard InChI is InChI=1S/C14H20O4/c1-9(8-13(15)16)7-11-5-6-12(17-3)10(2)14(11)18-4/h5-6,9H,7-8H2,1-4H3,(H,15,16). The van der Waals surface area contributed by atoms with Gasteiger partial charge in [0.25, 0.3) is 0 Å². The van der Waals surface area contributed by atoms with Crippen molar-refractivity contribution in [3.63, 3.8) is 0 Å². The van der Waals surface area contributed by atoms with Gasteiger partial charge in [-0.25, -0.2) is 0 Å². The number of ether oxygens (including phenoxy) is 2. The molecule has 0 fully saturated rings. The van der Waals surface area contributed by atoms with Crippen molar-refractivity contribution in [2.24, 2.45) is 5.92 Å². The number of carbonyl (C=O) groups is 1. The molecule has 1 atom stereocenters. The second-order valence-corrected chi connectivity index (χ2v) is 4.49. The van der Waals surface area contributed by atoms with Crippen molar-refractivity contribution in [1.29, 1.82) is 0 Å². The Morgan fingerprint density at radius 1 is 1.33 bits per heavy atom. The maximum atomic E-state index is 10.7. The largest absolute Gasteiger partial charge is 0.496 e. The lowest BCUT2D eigenvalue weighted by Gasteiger charge is -2.16. The van der Waals surface area contributed by atoms with E-state index < -0.39 is 5.97 Å². The van der Waals surface area contributed by atoms with Gasteiger partial charge in [-0.1, -0.05) is 13.0 Å². The number of benzene rings is 1. The van der Waals surface area contributed by atoms with Crippen LogP contribution in [0.25, 0.3) is 0 Å². The summed E-state index contributed by atoms with van der Waals surface area (Å²) >= 11 is 0. The number of carboxylic acid groups (broad SMARTS) is 1. The first-order valence-electron chi connectivity index (χ1n) is 5.91. The second-order valence-electron chi connectivity index (χ2n) is 4.49. The summed E-state index contributed by atoms with van der Waals surface area (Å²) in [5.74, 6) is 0.865. The summed E-state index contributed by atoms with van der Waals surface area (Å²) in [6.07, 6.45) is 0.842. The second kappa shape index (κ2) is 6.28. The molecule has 0 bridgehead atoms. The average molecular weight is 252 g/mol.